The topological polar surface area (TPSA) is 61.0 Å². The molecule has 0 spiro atoms. The summed E-state index contributed by atoms with van der Waals surface area (Å²) in [6.07, 6.45) is 5.17. The van der Waals surface area contributed by atoms with Gasteiger partial charge in [-0.05, 0) is 58.8 Å². The number of rotatable bonds is 4. The van der Waals surface area contributed by atoms with Crippen LogP contribution >= 0.6 is 0 Å². The van der Waals surface area contributed by atoms with Crippen LogP contribution in [0.2, 0.25) is 0 Å². The Hall–Kier alpha value is -3.65. The first-order valence-electron chi connectivity index (χ1n) is 8.61. The normalized spacial score (nSPS) is 10.4. The number of aromatic nitrogens is 3. The molecular weight excluding hydrogens is 338 g/mol. The summed E-state index contributed by atoms with van der Waals surface area (Å²) in [4.78, 5) is 8.49. The van der Waals surface area contributed by atoms with Gasteiger partial charge in [-0.2, -0.15) is 4.98 Å². The summed E-state index contributed by atoms with van der Waals surface area (Å²) in [7, 11) is 1.66. The van der Waals surface area contributed by atoms with Crippen LogP contribution in [0.4, 0.5) is 0 Å². The van der Waals surface area contributed by atoms with Crippen LogP contribution < -0.4 is 4.74 Å². The molecule has 0 aliphatic rings. The van der Waals surface area contributed by atoms with Crippen molar-refractivity contribution in [3.8, 4) is 29.0 Å². The third kappa shape index (κ3) is 3.96. The third-order valence-electron chi connectivity index (χ3n) is 4.21. The molecule has 0 saturated heterocycles. The first-order chi connectivity index (χ1) is 13.3. The molecule has 5 heteroatoms. The zero-order valence-corrected chi connectivity index (χ0v) is 14.8. The van der Waals surface area contributed by atoms with E-state index < -0.39 is 0 Å². The monoisotopic (exact) mass is 355 g/mol. The Labute approximate surface area is 157 Å². The highest BCUT2D eigenvalue weighted by atomic mass is 16.5. The molecule has 0 saturated carbocycles. The first kappa shape index (κ1) is 16.8. The van der Waals surface area contributed by atoms with Gasteiger partial charge >= 0.3 is 0 Å². The van der Waals surface area contributed by atoms with Crippen LogP contribution in [0.5, 0.6) is 5.75 Å². The van der Waals surface area contributed by atoms with Crippen molar-refractivity contribution in [3.05, 3.63) is 72.3 Å². The van der Waals surface area contributed by atoms with Gasteiger partial charge in [0, 0.05) is 29.8 Å². The largest absolute Gasteiger partial charge is 0.497 e. The Kier molecular flexibility index (Phi) is 4.80. The zero-order valence-electron chi connectivity index (χ0n) is 14.8. The maximum Gasteiger partial charge on any atom is 0.258 e. The number of benzene rings is 2. The van der Waals surface area contributed by atoms with Gasteiger partial charge in [0.25, 0.3) is 5.89 Å². The predicted octanol–water partition coefficient (Wildman–Crippen LogP) is 4.28. The number of hydrogen-bond donors (Lipinski definition) is 0. The molecular formula is C22H17N3O2. The lowest BCUT2D eigenvalue weighted by atomic mass is 10.1. The maximum atomic E-state index is 5.35. The molecule has 4 rings (SSSR count). The molecule has 0 bridgehead atoms. The van der Waals surface area contributed by atoms with E-state index in [0.717, 1.165) is 34.9 Å². The van der Waals surface area contributed by atoms with Crippen LogP contribution in [0.1, 0.15) is 17.8 Å². The summed E-state index contributed by atoms with van der Waals surface area (Å²) < 4.78 is 10.5. The van der Waals surface area contributed by atoms with Crippen molar-refractivity contribution < 1.29 is 9.26 Å². The summed E-state index contributed by atoms with van der Waals surface area (Å²) in [6.45, 7) is 0. The number of fused-ring (bicyclic) bond motifs is 1. The molecule has 5 nitrogen and oxygen atoms in total. The van der Waals surface area contributed by atoms with E-state index in [-0.39, 0.29) is 0 Å². The lowest BCUT2D eigenvalue weighted by Gasteiger charge is -2.00. The molecule has 0 aliphatic carbocycles. The minimum Gasteiger partial charge on any atom is -0.497 e. The second-order valence-electron chi connectivity index (χ2n) is 6.01. The number of nitrogens with zero attached hydrogens (tertiary/aromatic N) is 3. The van der Waals surface area contributed by atoms with Crippen molar-refractivity contribution in [2.45, 2.75) is 12.8 Å². The van der Waals surface area contributed by atoms with Crippen LogP contribution in [0, 0.1) is 11.8 Å². The van der Waals surface area contributed by atoms with E-state index in [0.29, 0.717) is 11.7 Å². The fourth-order valence-corrected chi connectivity index (χ4v) is 2.75. The minimum atomic E-state index is 0.398. The number of aryl methyl sites for hydroxylation is 1. The Balaban J connectivity index is 1.42. The molecule has 0 atom stereocenters. The van der Waals surface area contributed by atoms with Gasteiger partial charge in [0.05, 0.1) is 7.11 Å². The number of ether oxygens (including phenoxy) is 1. The van der Waals surface area contributed by atoms with Crippen molar-refractivity contribution in [2.75, 3.05) is 7.11 Å². The Bertz CT molecular complexity index is 1120. The molecule has 0 aliphatic heterocycles. The van der Waals surface area contributed by atoms with E-state index in [1.165, 1.54) is 5.56 Å². The summed E-state index contributed by atoms with van der Waals surface area (Å²) in [6, 6.07) is 15.9. The van der Waals surface area contributed by atoms with Gasteiger partial charge in [0.1, 0.15) is 5.75 Å². The Morgan fingerprint density at radius 3 is 2.78 bits per heavy atom. The van der Waals surface area contributed by atoms with Crippen LogP contribution in [0.3, 0.4) is 0 Å². The molecule has 0 radical (unpaired) electrons. The fraction of sp³-hybridized carbons (Fsp3) is 0.136. The Morgan fingerprint density at radius 1 is 1.04 bits per heavy atom. The van der Waals surface area contributed by atoms with E-state index in [1.807, 2.05) is 54.7 Å². The highest BCUT2D eigenvalue weighted by molar-refractivity contribution is 5.85. The highest BCUT2D eigenvalue weighted by Gasteiger charge is 2.08. The molecule has 27 heavy (non-hydrogen) atoms. The van der Waals surface area contributed by atoms with Gasteiger partial charge in [0.15, 0.2) is 0 Å². The standard InChI is InChI=1S/C22H17N3O2/c1-26-20-10-6-16(7-11-20)4-2-3-5-21-24-22(27-25-21)18-8-9-19-15-23-13-12-17(19)14-18/h6-15H,2,4H2,1H3. The SMILES string of the molecule is COc1ccc(CCC#Cc2noc(-c3ccc4cnccc4c3)n2)cc1. The first-order valence-corrected chi connectivity index (χ1v) is 8.61. The van der Waals surface area contributed by atoms with Gasteiger partial charge in [-0.15, -0.1) is 0 Å². The van der Waals surface area contributed by atoms with Crippen LogP contribution in [-0.2, 0) is 6.42 Å². The van der Waals surface area contributed by atoms with Gasteiger partial charge in [-0.25, -0.2) is 0 Å². The number of hydrogen-bond acceptors (Lipinski definition) is 5. The summed E-state index contributed by atoms with van der Waals surface area (Å²) in [5.41, 5.74) is 2.08. The van der Waals surface area contributed by atoms with Crippen molar-refractivity contribution >= 4 is 10.8 Å². The second kappa shape index (κ2) is 7.71. The summed E-state index contributed by atoms with van der Waals surface area (Å²) in [5, 5.41) is 6.10. The van der Waals surface area contributed by atoms with Crippen LogP contribution in [0.15, 0.2) is 65.4 Å². The number of pyridine rings is 1. The van der Waals surface area contributed by atoms with Crippen LogP contribution in [-0.4, -0.2) is 22.2 Å². The molecule has 0 fully saturated rings. The number of methoxy groups -OCH3 is 1. The molecule has 0 amide bonds. The van der Waals surface area contributed by atoms with Crippen molar-refractivity contribution in [3.63, 3.8) is 0 Å². The fourth-order valence-electron chi connectivity index (χ4n) is 2.75. The van der Waals surface area contributed by atoms with E-state index in [4.69, 9.17) is 9.26 Å². The van der Waals surface area contributed by atoms with Gasteiger partial charge in [-0.3, -0.25) is 4.98 Å². The zero-order chi connectivity index (χ0) is 18.5. The third-order valence-corrected chi connectivity index (χ3v) is 4.21. The van der Waals surface area contributed by atoms with Crippen molar-refractivity contribution in [1.29, 1.82) is 0 Å². The summed E-state index contributed by atoms with van der Waals surface area (Å²) >= 11 is 0. The van der Waals surface area contributed by atoms with E-state index >= 15 is 0 Å². The molecule has 4 aromatic rings. The molecule has 0 unspecified atom stereocenters. The second-order valence-corrected chi connectivity index (χ2v) is 6.01. The van der Waals surface area contributed by atoms with Crippen molar-refractivity contribution in [1.82, 2.24) is 15.1 Å². The van der Waals surface area contributed by atoms with E-state index in [9.17, 15) is 0 Å². The average Bonchev–Trinajstić information content (AvgIpc) is 3.20. The van der Waals surface area contributed by atoms with E-state index in [1.54, 1.807) is 13.3 Å². The molecule has 2 heterocycles. The minimum absolute atomic E-state index is 0.398. The maximum absolute atomic E-state index is 5.35. The van der Waals surface area contributed by atoms with Gasteiger partial charge in [-0.1, -0.05) is 24.1 Å². The van der Waals surface area contributed by atoms with E-state index in [2.05, 4.69) is 27.0 Å². The highest BCUT2D eigenvalue weighted by Crippen LogP contribution is 2.22. The molecule has 0 N–H and O–H groups in total. The lowest BCUT2D eigenvalue weighted by Crippen LogP contribution is -1.86. The molecule has 2 aromatic carbocycles. The van der Waals surface area contributed by atoms with Gasteiger partial charge in [0.2, 0.25) is 5.82 Å². The smallest absolute Gasteiger partial charge is 0.258 e. The van der Waals surface area contributed by atoms with Crippen molar-refractivity contribution in [2.24, 2.45) is 0 Å². The lowest BCUT2D eigenvalue weighted by molar-refractivity contribution is 0.414. The Morgan fingerprint density at radius 2 is 1.93 bits per heavy atom. The molecule has 2 aromatic heterocycles. The van der Waals surface area contributed by atoms with Crippen LogP contribution in [0.25, 0.3) is 22.2 Å². The predicted molar refractivity (Wildman–Crippen MR) is 103 cm³/mol. The van der Waals surface area contributed by atoms with Gasteiger partial charge < -0.3 is 9.26 Å². The molecule has 132 valence electrons. The summed E-state index contributed by atoms with van der Waals surface area (Å²) in [5.74, 6) is 7.78. The average molecular weight is 355 g/mol. The quantitative estimate of drug-likeness (QED) is 0.511.